The maximum Gasteiger partial charge on any atom is 0.254 e. The molecule has 1 aliphatic carbocycles. The first-order chi connectivity index (χ1) is 12.1. The molecule has 0 saturated heterocycles. The van der Waals surface area contributed by atoms with Crippen molar-refractivity contribution in [1.82, 2.24) is 4.90 Å². The number of nitrogens with zero attached hydrogens (tertiary/aromatic N) is 1. The highest BCUT2D eigenvalue weighted by Crippen LogP contribution is 2.33. The van der Waals surface area contributed by atoms with Crippen molar-refractivity contribution in [3.8, 4) is 5.75 Å². The second-order valence-corrected chi connectivity index (χ2v) is 7.24. The molecule has 25 heavy (non-hydrogen) atoms. The molecule has 1 fully saturated rings. The van der Waals surface area contributed by atoms with Gasteiger partial charge in [-0.15, -0.1) is 0 Å². The van der Waals surface area contributed by atoms with Crippen LogP contribution in [0.2, 0.25) is 0 Å². The molecule has 3 rings (SSSR count). The van der Waals surface area contributed by atoms with Crippen molar-refractivity contribution in [3.63, 3.8) is 0 Å². The second kappa shape index (κ2) is 7.98. The van der Waals surface area contributed by atoms with E-state index in [0.29, 0.717) is 31.2 Å². The van der Waals surface area contributed by atoms with Crippen LogP contribution in [0, 0.1) is 17.7 Å². The van der Waals surface area contributed by atoms with Gasteiger partial charge in [0.2, 0.25) is 0 Å². The maximum absolute atomic E-state index is 14.2. The predicted octanol–water partition coefficient (Wildman–Crippen LogP) is 3.97. The van der Waals surface area contributed by atoms with Crippen LogP contribution in [0.25, 0.3) is 0 Å². The van der Waals surface area contributed by atoms with E-state index in [0.717, 1.165) is 50.4 Å². The molecule has 2 aliphatic rings. The van der Waals surface area contributed by atoms with Gasteiger partial charge in [-0.05, 0) is 55.7 Å². The van der Waals surface area contributed by atoms with Gasteiger partial charge < -0.3 is 14.4 Å². The molecule has 136 valence electrons. The summed E-state index contributed by atoms with van der Waals surface area (Å²) < 4.78 is 19.7. The van der Waals surface area contributed by atoms with Crippen LogP contribution in [-0.4, -0.2) is 30.2 Å². The van der Waals surface area contributed by atoms with Crippen LogP contribution in [0.1, 0.15) is 61.4 Å². The molecule has 1 saturated carbocycles. The summed E-state index contributed by atoms with van der Waals surface area (Å²) in [5.41, 5.74) is 1.31. The largest absolute Gasteiger partial charge is 0.490 e. The number of halogens is 1. The zero-order chi connectivity index (χ0) is 17.8. The summed E-state index contributed by atoms with van der Waals surface area (Å²) in [4.78, 5) is 25.3. The second-order valence-electron chi connectivity index (χ2n) is 7.24. The minimum absolute atomic E-state index is 0.0344. The highest BCUT2D eigenvalue weighted by Gasteiger charge is 2.32. The lowest BCUT2D eigenvalue weighted by atomic mass is 9.82. The lowest BCUT2D eigenvalue weighted by Gasteiger charge is -2.29. The number of carbonyl (C=O) groups is 2. The summed E-state index contributed by atoms with van der Waals surface area (Å²) in [7, 11) is 0. The van der Waals surface area contributed by atoms with Crippen LogP contribution in [0.3, 0.4) is 0 Å². The number of aldehydes is 1. The first-order valence-electron chi connectivity index (χ1n) is 9.32. The Morgan fingerprint density at radius 1 is 1.28 bits per heavy atom. The molecule has 1 heterocycles. The lowest BCUT2D eigenvalue weighted by molar-refractivity contribution is -0.112. The highest BCUT2D eigenvalue weighted by atomic mass is 19.1. The van der Waals surface area contributed by atoms with E-state index in [1.165, 1.54) is 6.07 Å². The number of rotatable bonds is 7. The number of benzene rings is 1. The smallest absolute Gasteiger partial charge is 0.254 e. The zero-order valence-corrected chi connectivity index (χ0v) is 14.8. The van der Waals surface area contributed by atoms with Gasteiger partial charge in [0, 0.05) is 24.6 Å². The third kappa shape index (κ3) is 4.02. The number of hydrogen-bond acceptors (Lipinski definition) is 3. The number of ether oxygens (including phenoxy) is 1. The van der Waals surface area contributed by atoms with Gasteiger partial charge in [0.15, 0.2) is 11.6 Å². The Kier molecular flexibility index (Phi) is 5.71. The van der Waals surface area contributed by atoms with Crippen LogP contribution in [-0.2, 0) is 11.3 Å². The van der Waals surface area contributed by atoms with E-state index in [1.54, 1.807) is 6.07 Å². The summed E-state index contributed by atoms with van der Waals surface area (Å²) in [5, 5.41) is 0. The number of carbonyl (C=O) groups excluding carboxylic acids is 2. The first kappa shape index (κ1) is 17.9. The van der Waals surface area contributed by atoms with Crippen LogP contribution in [0.4, 0.5) is 4.39 Å². The quantitative estimate of drug-likeness (QED) is 0.554. The molecular formula is C20H26FNO3. The average molecular weight is 347 g/mol. The minimum Gasteiger partial charge on any atom is -0.490 e. The van der Waals surface area contributed by atoms with Crippen molar-refractivity contribution < 1.29 is 18.7 Å². The molecule has 4 nitrogen and oxygen atoms in total. The van der Waals surface area contributed by atoms with Gasteiger partial charge in [0.05, 0.1) is 6.61 Å². The van der Waals surface area contributed by atoms with Crippen molar-refractivity contribution >= 4 is 12.2 Å². The molecule has 0 N–H and O–H groups in total. The van der Waals surface area contributed by atoms with E-state index in [9.17, 15) is 14.0 Å². The number of fused-ring (bicyclic) bond motifs is 1. The maximum atomic E-state index is 14.2. The molecule has 1 aromatic rings. The Balaban J connectivity index is 1.63. The van der Waals surface area contributed by atoms with E-state index >= 15 is 0 Å². The molecule has 5 heteroatoms. The fourth-order valence-electron chi connectivity index (χ4n) is 3.78. The molecule has 0 atom stereocenters. The third-order valence-electron chi connectivity index (χ3n) is 5.35. The Labute approximate surface area is 148 Å². The van der Waals surface area contributed by atoms with Crippen LogP contribution in [0.5, 0.6) is 5.75 Å². The fourth-order valence-corrected chi connectivity index (χ4v) is 3.78. The van der Waals surface area contributed by atoms with Gasteiger partial charge >= 0.3 is 0 Å². The van der Waals surface area contributed by atoms with Crippen molar-refractivity contribution in [2.75, 3.05) is 13.2 Å². The molecule has 0 unspecified atom stereocenters. The van der Waals surface area contributed by atoms with E-state index in [2.05, 4.69) is 0 Å². The Morgan fingerprint density at radius 2 is 2.04 bits per heavy atom. The Morgan fingerprint density at radius 3 is 2.72 bits per heavy atom. The standard InChI is InChI=1S/C20H26FNO3/c1-2-3-8-25-19-10-17-16(9-18(19)21)12-22(20(17)24)11-14-4-6-15(13-23)7-5-14/h9-10,13-15H,2-8,11-12H2,1H3/t14-,15-. The van der Waals surface area contributed by atoms with Crippen molar-refractivity contribution in [1.29, 1.82) is 0 Å². The summed E-state index contributed by atoms with van der Waals surface area (Å²) >= 11 is 0. The number of unbranched alkanes of at least 4 members (excludes halogenated alkanes) is 1. The van der Waals surface area contributed by atoms with Crippen molar-refractivity contribution in [3.05, 3.63) is 29.1 Å². The molecule has 1 aliphatic heterocycles. The first-order valence-corrected chi connectivity index (χ1v) is 9.32. The van der Waals surface area contributed by atoms with Crippen molar-refractivity contribution in [2.45, 2.75) is 52.0 Å². The normalized spacial score (nSPS) is 22.8. The summed E-state index contributed by atoms with van der Waals surface area (Å²) in [6.07, 6.45) is 6.66. The van der Waals surface area contributed by atoms with Crippen LogP contribution in [0.15, 0.2) is 12.1 Å². The third-order valence-corrected chi connectivity index (χ3v) is 5.35. The van der Waals surface area contributed by atoms with Gasteiger partial charge in [-0.25, -0.2) is 4.39 Å². The molecule has 1 aromatic carbocycles. The average Bonchev–Trinajstić information content (AvgIpc) is 2.91. The molecule has 0 radical (unpaired) electrons. The SMILES string of the molecule is CCCCOc1cc2c(cc1F)CN(C[C@H]1CC[C@H](C=O)CC1)C2=O. The number of amides is 1. The highest BCUT2D eigenvalue weighted by molar-refractivity contribution is 5.98. The number of hydrogen-bond donors (Lipinski definition) is 0. The monoisotopic (exact) mass is 347 g/mol. The van der Waals surface area contributed by atoms with Crippen LogP contribution < -0.4 is 4.74 Å². The lowest BCUT2D eigenvalue weighted by Crippen LogP contribution is -2.32. The summed E-state index contributed by atoms with van der Waals surface area (Å²) in [5.74, 6) is 0.358. The van der Waals surface area contributed by atoms with E-state index in [1.807, 2.05) is 11.8 Å². The van der Waals surface area contributed by atoms with Gasteiger partial charge in [-0.2, -0.15) is 0 Å². The minimum atomic E-state index is -0.393. The molecular weight excluding hydrogens is 321 g/mol. The zero-order valence-electron chi connectivity index (χ0n) is 14.8. The van der Waals surface area contributed by atoms with E-state index < -0.39 is 5.82 Å². The van der Waals surface area contributed by atoms with Crippen LogP contribution >= 0.6 is 0 Å². The van der Waals surface area contributed by atoms with E-state index in [-0.39, 0.29) is 17.6 Å². The fraction of sp³-hybridized carbons (Fsp3) is 0.600. The molecule has 0 aromatic heterocycles. The summed E-state index contributed by atoms with van der Waals surface area (Å²) in [6, 6.07) is 3.00. The van der Waals surface area contributed by atoms with Gasteiger partial charge in [-0.1, -0.05) is 13.3 Å². The van der Waals surface area contributed by atoms with Gasteiger partial charge in [-0.3, -0.25) is 4.79 Å². The molecule has 0 bridgehead atoms. The van der Waals surface area contributed by atoms with E-state index in [4.69, 9.17) is 4.74 Å². The predicted molar refractivity (Wildman–Crippen MR) is 93.1 cm³/mol. The van der Waals surface area contributed by atoms with Crippen molar-refractivity contribution in [2.24, 2.45) is 11.8 Å². The topological polar surface area (TPSA) is 46.6 Å². The summed E-state index contributed by atoms with van der Waals surface area (Å²) in [6.45, 7) is 3.66. The molecule has 1 amide bonds. The molecule has 0 spiro atoms. The van der Waals surface area contributed by atoms with Gasteiger partial charge in [0.1, 0.15) is 6.29 Å². The Hall–Kier alpha value is -1.91. The Bertz CT molecular complexity index is 638. The van der Waals surface area contributed by atoms with Gasteiger partial charge in [0.25, 0.3) is 5.91 Å².